The van der Waals surface area contributed by atoms with Crippen LogP contribution >= 0.6 is 11.8 Å². The minimum absolute atomic E-state index is 0.0438. The van der Waals surface area contributed by atoms with Crippen molar-refractivity contribution < 1.29 is 13.5 Å². The first-order valence-electron chi connectivity index (χ1n) is 7.75. The molecule has 7 heteroatoms. The van der Waals surface area contributed by atoms with Crippen molar-refractivity contribution in [2.45, 2.75) is 19.1 Å². The normalized spacial score (nSPS) is 11.9. The molecule has 0 aliphatic rings. The average Bonchev–Trinajstić information content (AvgIpc) is 2.60. The molecule has 2 aromatic carbocycles. The van der Waals surface area contributed by atoms with Crippen LogP contribution in [0.15, 0.2) is 52.7 Å². The molecular formula is C18H19F2N3OS. The van der Waals surface area contributed by atoms with Gasteiger partial charge in [-0.15, -0.1) is 5.10 Å². The van der Waals surface area contributed by atoms with Crippen molar-refractivity contribution >= 4 is 23.1 Å². The van der Waals surface area contributed by atoms with Crippen molar-refractivity contribution in [2.75, 3.05) is 6.61 Å². The Morgan fingerprint density at radius 1 is 1.24 bits per heavy atom. The van der Waals surface area contributed by atoms with Crippen LogP contribution < -0.4 is 10.5 Å². The van der Waals surface area contributed by atoms with Gasteiger partial charge in [0, 0.05) is 17.4 Å². The molecule has 0 bridgehead atoms. The minimum atomic E-state index is -0.773. The van der Waals surface area contributed by atoms with Gasteiger partial charge in [0.25, 0.3) is 0 Å². The monoisotopic (exact) mass is 363 g/mol. The SMILES string of the molecule is CCCOc1c(F)cc(F)cc1C=NN=C(N)SCc1ccccc1. The summed E-state index contributed by atoms with van der Waals surface area (Å²) in [7, 11) is 0. The molecule has 2 aromatic rings. The van der Waals surface area contributed by atoms with E-state index in [2.05, 4.69) is 10.2 Å². The smallest absolute Gasteiger partial charge is 0.180 e. The van der Waals surface area contributed by atoms with E-state index in [1.807, 2.05) is 37.3 Å². The van der Waals surface area contributed by atoms with Gasteiger partial charge in [-0.2, -0.15) is 5.10 Å². The first kappa shape index (κ1) is 18.9. The second kappa shape index (κ2) is 9.78. The molecule has 0 radical (unpaired) electrons. The fourth-order valence-electron chi connectivity index (χ4n) is 1.94. The summed E-state index contributed by atoms with van der Waals surface area (Å²) in [6, 6.07) is 11.7. The third kappa shape index (κ3) is 6.19. The summed E-state index contributed by atoms with van der Waals surface area (Å²) in [6.45, 7) is 2.21. The number of rotatable bonds is 7. The Balaban J connectivity index is 2.04. The van der Waals surface area contributed by atoms with Crippen LogP contribution in [0.3, 0.4) is 0 Å². The Morgan fingerprint density at radius 2 is 2.00 bits per heavy atom. The van der Waals surface area contributed by atoms with Crippen LogP contribution in [-0.4, -0.2) is 18.0 Å². The largest absolute Gasteiger partial charge is 0.490 e. The summed E-state index contributed by atoms with van der Waals surface area (Å²) in [5, 5.41) is 7.91. The highest BCUT2D eigenvalue weighted by atomic mass is 32.2. The molecule has 0 saturated heterocycles. The summed E-state index contributed by atoms with van der Waals surface area (Å²) in [6.07, 6.45) is 1.93. The van der Waals surface area contributed by atoms with Gasteiger partial charge in [0.15, 0.2) is 16.7 Å². The molecule has 0 aromatic heterocycles. The highest BCUT2D eigenvalue weighted by molar-refractivity contribution is 8.13. The van der Waals surface area contributed by atoms with E-state index in [1.165, 1.54) is 18.0 Å². The van der Waals surface area contributed by atoms with E-state index < -0.39 is 11.6 Å². The number of hydrogen-bond acceptors (Lipinski definition) is 4. The molecule has 0 atom stereocenters. The highest BCUT2D eigenvalue weighted by Gasteiger charge is 2.11. The van der Waals surface area contributed by atoms with Gasteiger partial charge in [-0.25, -0.2) is 8.78 Å². The molecule has 0 fully saturated rings. The van der Waals surface area contributed by atoms with Crippen LogP contribution in [0.25, 0.3) is 0 Å². The average molecular weight is 363 g/mol. The van der Waals surface area contributed by atoms with Gasteiger partial charge in [-0.1, -0.05) is 49.0 Å². The van der Waals surface area contributed by atoms with Crippen molar-refractivity contribution in [2.24, 2.45) is 15.9 Å². The van der Waals surface area contributed by atoms with Crippen LogP contribution in [0.5, 0.6) is 5.75 Å². The minimum Gasteiger partial charge on any atom is -0.490 e. The van der Waals surface area contributed by atoms with Crippen LogP contribution in [-0.2, 0) is 5.75 Å². The van der Waals surface area contributed by atoms with E-state index >= 15 is 0 Å². The predicted molar refractivity (Wildman–Crippen MR) is 99.1 cm³/mol. The molecule has 25 heavy (non-hydrogen) atoms. The fraction of sp³-hybridized carbons (Fsp3) is 0.222. The van der Waals surface area contributed by atoms with Crippen molar-refractivity contribution in [3.63, 3.8) is 0 Å². The molecule has 4 nitrogen and oxygen atoms in total. The molecule has 0 heterocycles. The van der Waals surface area contributed by atoms with Gasteiger partial charge in [-0.05, 0) is 18.1 Å². The summed E-state index contributed by atoms with van der Waals surface area (Å²) in [5.41, 5.74) is 7.07. The lowest BCUT2D eigenvalue weighted by atomic mass is 10.2. The molecular weight excluding hydrogens is 344 g/mol. The van der Waals surface area contributed by atoms with Gasteiger partial charge < -0.3 is 10.5 Å². The van der Waals surface area contributed by atoms with Crippen LogP contribution in [0.4, 0.5) is 8.78 Å². The molecule has 132 valence electrons. The lowest BCUT2D eigenvalue weighted by Crippen LogP contribution is -2.06. The quantitative estimate of drug-likeness (QED) is 0.452. The molecule has 2 rings (SSSR count). The van der Waals surface area contributed by atoms with Crippen molar-refractivity contribution in [3.8, 4) is 5.75 Å². The Kier molecular flexibility index (Phi) is 7.40. The predicted octanol–water partition coefficient (Wildman–Crippen LogP) is 4.34. The van der Waals surface area contributed by atoms with E-state index in [0.29, 0.717) is 18.8 Å². The Morgan fingerprint density at radius 3 is 2.72 bits per heavy atom. The van der Waals surface area contributed by atoms with Crippen molar-refractivity contribution in [1.82, 2.24) is 0 Å². The van der Waals surface area contributed by atoms with Crippen LogP contribution in [0.1, 0.15) is 24.5 Å². The maximum absolute atomic E-state index is 13.8. The van der Waals surface area contributed by atoms with Gasteiger partial charge in [0.1, 0.15) is 5.82 Å². The maximum Gasteiger partial charge on any atom is 0.180 e. The lowest BCUT2D eigenvalue weighted by Gasteiger charge is -2.09. The van der Waals surface area contributed by atoms with Crippen LogP contribution in [0.2, 0.25) is 0 Å². The number of halogens is 2. The van der Waals surface area contributed by atoms with Crippen molar-refractivity contribution in [3.05, 3.63) is 65.2 Å². The zero-order valence-corrected chi connectivity index (χ0v) is 14.6. The standard InChI is InChI=1S/C18H19F2N3OS/c1-2-8-24-17-14(9-15(19)10-16(17)20)11-22-23-18(21)25-12-13-6-4-3-5-7-13/h3-7,9-11H,2,8,12H2,1H3,(H2,21,23). The Bertz CT molecular complexity index is 751. The number of amidine groups is 1. The molecule has 0 spiro atoms. The first-order valence-corrected chi connectivity index (χ1v) is 8.73. The van der Waals surface area contributed by atoms with E-state index in [-0.39, 0.29) is 16.5 Å². The molecule has 0 unspecified atom stereocenters. The van der Waals surface area contributed by atoms with Crippen molar-refractivity contribution in [1.29, 1.82) is 0 Å². The number of nitrogens with zero attached hydrogens (tertiary/aromatic N) is 2. The molecule has 0 aliphatic heterocycles. The zero-order valence-electron chi connectivity index (χ0n) is 13.8. The Labute approximate surface area is 149 Å². The lowest BCUT2D eigenvalue weighted by molar-refractivity contribution is 0.300. The fourth-order valence-corrected chi connectivity index (χ4v) is 2.55. The van der Waals surface area contributed by atoms with Crippen LogP contribution in [0, 0.1) is 11.6 Å². The van der Waals surface area contributed by atoms with Gasteiger partial charge in [-0.3, -0.25) is 0 Å². The highest BCUT2D eigenvalue weighted by Crippen LogP contribution is 2.23. The number of hydrogen-bond donors (Lipinski definition) is 1. The summed E-state index contributed by atoms with van der Waals surface area (Å²) in [5.74, 6) is -0.869. The van der Waals surface area contributed by atoms with E-state index in [1.54, 1.807) is 0 Å². The molecule has 0 amide bonds. The zero-order chi connectivity index (χ0) is 18.1. The number of benzene rings is 2. The third-order valence-corrected chi connectivity index (χ3v) is 3.93. The summed E-state index contributed by atoms with van der Waals surface area (Å²) >= 11 is 1.32. The van der Waals surface area contributed by atoms with Gasteiger partial charge in [0.05, 0.1) is 12.8 Å². The van der Waals surface area contributed by atoms with Gasteiger partial charge >= 0.3 is 0 Å². The number of thioether (sulfide) groups is 1. The Hall–Kier alpha value is -2.41. The number of nitrogens with two attached hydrogens (primary N) is 1. The molecule has 2 N–H and O–H groups in total. The topological polar surface area (TPSA) is 60.0 Å². The van der Waals surface area contributed by atoms with Gasteiger partial charge in [0.2, 0.25) is 0 Å². The van der Waals surface area contributed by atoms with E-state index in [4.69, 9.17) is 10.5 Å². The third-order valence-electron chi connectivity index (χ3n) is 3.07. The summed E-state index contributed by atoms with van der Waals surface area (Å²) < 4.78 is 32.6. The first-order chi connectivity index (χ1) is 12.1. The number of ether oxygens (including phenoxy) is 1. The summed E-state index contributed by atoms with van der Waals surface area (Å²) in [4.78, 5) is 0. The maximum atomic E-state index is 13.8. The second-order valence-corrected chi connectivity index (χ2v) is 6.11. The van der Waals surface area contributed by atoms with E-state index in [9.17, 15) is 8.78 Å². The van der Waals surface area contributed by atoms with E-state index in [0.717, 1.165) is 17.7 Å². The molecule has 0 saturated carbocycles. The second-order valence-electron chi connectivity index (χ2n) is 5.11. The molecule has 0 aliphatic carbocycles.